The highest BCUT2D eigenvalue weighted by atomic mass is 16.6. The molecule has 0 aliphatic carbocycles. The topological polar surface area (TPSA) is 66.0 Å². The van der Waals surface area contributed by atoms with Gasteiger partial charge in [0.15, 0.2) is 11.5 Å². The lowest BCUT2D eigenvalue weighted by molar-refractivity contribution is 0.0711. The number of rotatable bonds is 4. The highest BCUT2D eigenvalue weighted by Gasteiger charge is 2.26. The number of hydrogen-bond donors (Lipinski definition) is 1. The molecule has 0 unspecified atom stereocenters. The number of hydrogen-bond acceptors (Lipinski definition) is 5. The number of methoxy groups -OCH3 is 1. The van der Waals surface area contributed by atoms with E-state index in [0.717, 1.165) is 19.4 Å². The van der Waals surface area contributed by atoms with Gasteiger partial charge in [0.05, 0.1) is 19.3 Å². The third-order valence-electron chi connectivity index (χ3n) is 3.97. The van der Waals surface area contributed by atoms with Crippen LogP contribution in [0.3, 0.4) is 0 Å². The second-order valence-corrected chi connectivity index (χ2v) is 5.52. The van der Waals surface area contributed by atoms with Crippen molar-refractivity contribution < 1.29 is 23.7 Å². The van der Waals surface area contributed by atoms with Gasteiger partial charge in [-0.2, -0.15) is 0 Å². The molecule has 0 spiro atoms. The lowest BCUT2D eigenvalue weighted by Crippen LogP contribution is -2.40. The van der Waals surface area contributed by atoms with Gasteiger partial charge in [-0.15, -0.1) is 0 Å². The molecule has 120 valence electrons. The number of benzene rings is 1. The standard InChI is InChI=1S/C16H21NO5/c1-10(12-4-3-5-20-12)17-16(18)11-8-13(19-2)15-14(9-11)21-6-7-22-15/h8-10,12H,3-7H2,1-2H3,(H,17,18)/t10-,12+/m0/s1. The third kappa shape index (κ3) is 2.97. The van der Waals surface area contributed by atoms with Crippen LogP contribution in [-0.4, -0.2) is 45.0 Å². The molecule has 1 amide bonds. The van der Waals surface area contributed by atoms with Crippen LogP contribution < -0.4 is 19.5 Å². The van der Waals surface area contributed by atoms with E-state index >= 15 is 0 Å². The van der Waals surface area contributed by atoms with E-state index in [1.807, 2.05) is 6.92 Å². The largest absolute Gasteiger partial charge is 0.493 e. The van der Waals surface area contributed by atoms with E-state index in [2.05, 4.69) is 5.32 Å². The van der Waals surface area contributed by atoms with Gasteiger partial charge >= 0.3 is 0 Å². The third-order valence-corrected chi connectivity index (χ3v) is 3.97. The monoisotopic (exact) mass is 307 g/mol. The van der Waals surface area contributed by atoms with Gasteiger partial charge in [0.2, 0.25) is 5.75 Å². The summed E-state index contributed by atoms with van der Waals surface area (Å²) >= 11 is 0. The Hall–Kier alpha value is -1.95. The second kappa shape index (κ2) is 6.44. The zero-order chi connectivity index (χ0) is 15.5. The van der Waals surface area contributed by atoms with Crippen molar-refractivity contribution in [1.29, 1.82) is 0 Å². The van der Waals surface area contributed by atoms with E-state index in [-0.39, 0.29) is 18.1 Å². The van der Waals surface area contributed by atoms with E-state index in [9.17, 15) is 4.79 Å². The van der Waals surface area contributed by atoms with Gasteiger partial charge in [-0.05, 0) is 31.9 Å². The van der Waals surface area contributed by atoms with Crippen molar-refractivity contribution in [3.8, 4) is 17.2 Å². The minimum absolute atomic E-state index is 0.0332. The quantitative estimate of drug-likeness (QED) is 0.918. The number of fused-ring (bicyclic) bond motifs is 1. The number of ether oxygens (including phenoxy) is 4. The Balaban J connectivity index is 1.77. The number of nitrogens with one attached hydrogen (secondary N) is 1. The van der Waals surface area contributed by atoms with Crippen LogP contribution in [0.15, 0.2) is 12.1 Å². The van der Waals surface area contributed by atoms with Gasteiger partial charge in [0, 0.05) is 12.2 Å². The van der Waals surface area contributed by atoms with Crippen molar-refractivity contribution >= 4 is 5.91 Å². The van der Waals surface area contributed by atoms with Crippen molar-refractivity contribution in [3.63, 3.8) is 0 Å². The van der Waals surface area contributed by atoms with Crippen LogP contribution >= 0.6 is 0 Å². The van der Waals surface area contributed by atoms with Crippen LogP contribution in [0, 0.1) is 0 Å². The maximum atomic E-state index is 12.4. The molecular weight excluding hydrogens is 286 g/mol. The Morgan fingerprint density at radius 2 is 2.14 bits per heavy atom. The Morgan fingerprint density at radius 3 is 2.86 bits per heavy atom. The molecule has 2 aliphatic heterocycles. The van der Waals surface area contributed by atoms with Crippen LogP contribution in [0.5, 0.6) is 17.2 Å². The summed E-state index contributed by atoms with van der Waals surface area (Å²) < 4.78 is 22.0. The summed E-state index contributed by atoms with van der Waals surface area (Å²) in [6, 6.07) is 3.33. The minimum Gasteiger partial charge on any atom is -0.493 e. The van der Waals surface area contributed by atoms with Crippen molar-refractivity contribution in [2.45, 2.75) is 31.9 Å². The van der Waals surface area contributed by atoms with Crippen molar-refractivity contribution in [2.75, 3.05) is 26.9 Å². The normalized spacial score (nSPS) is 21.3. The number of amides is 1. The lowest BCUT2D eigenvalue weighted by Gasteiger charge is -2.23. The zero-order valence-electron chi connectivity index (χ0n) is 12.9. The molecular formula is C16H21NO5. The summed E-state index contributed by atoms with van der Waals surface area (Å²) in [5.41, 5.74) is 0.492. The first-order chi connectivity index (χ1) is 10.7. The minimum atomic E-state index is -0.168. The van der Waals surface area contributed by atoms with E-state index in [4.69, 9.17) is 18.9 Å². The molecule has 3 rings (SSSR count). The Morgan fingerprint density at radius 1 is 1.32 bits per heavy atom. The predicted octanol–water partition coefficient (Wildman–Crippen LogP) is 1.76. The molecule has 1 saturated heterocycles. The van der Waals surface area contributed by atoms with Gasteiger partial charge in [-0.25, -0.2) is 0 Å². The zero-order valence-corrected chi connectivity index (χ0v) is 12.9. The summed E-state index contributed by atoms with van der Waals surface area (Å²) in [6.45, 7) is 3.67. The smallest absolute Gasteiger partial charge is 0.251 e. The average molecular weight is 307 g/mol. The summed E-state index contributed by atoms with van der Waals surface area (Å²) in [7, 11) is 1.55. The maximum absolute atomic E-state index is 12.4. The summed E-state index contributed by atoms with van der Waals surface area (Å²) in [4.78, 5) is 12.4. The highest BCUT2D eigenvalue weighted by Crippen LogP contribution is 2.40. The van der Waals surface area contributed by atoms with Crippen LogP contribution in [0.4, 0.5) is 0 Å². The molecule has 22 heavy (non-hydrogen) atoms. The Kier molecular flexibility index (Phi) is 4.38. The van der Waals surface area contributed by atoms with E-state index in [1.54, 1.807) is 19.2 Å². The lowest BCUT2D eigenvalue weighted by atomic mass is 10.1. The van der Waals surface area contributed by atoms with Crippen LogP contribution in [0.25, 0.3) is 0 Å². The molecule has 6 nitrogen and oxygen atoms in total. The first-order valence-corrected chi connectivity index (χ1v) is 7.59. The first-order valence-electron chi connectivity index (χ1n) is 7.59. The van der Waals surface area contributed by atoms with Crippen LogP contribution in [0.1, 0.15) is 30.1 Å². The van der Waals surface area contributed by atoms with E-state index < -0.39 is 0 Å². The molecule has 2 atom stereocenters. The van der Waals surface area contributed by atoms with Crippen molar-refractivity contribution in [3.05, 3.63) is 17.7 Å². The Bertz CT molecular complexity index is 536. The summed E-state index contributed by atoms with van der Waals surface area (Å²) in [5, 5.41) is 2.98. The van der Waals surface area contributed by atoms with Gasteiger partial charge in [0.1, 0.15) is 13.2 Å². The van der Waals surface area contributed by atoms with Crippen LogP contribution in [-0.2, 0) is 4.74 Å². The molecule has 6 heteroatoms. The average Bonchev–Trinajstić information content (AvgIpc) is 3.08. The fourth-order valence-electron chi connectivity index (χ4n) is 2.78. The molecule has 2 aliphatic rings. The molecule has 1 aromatic rings. The molecule has 1 aromatic carbocycles. The van der Waals surface area contributed by atoms with Crippen LogP contribution in [0.2, 0.25) is 0 Å². The molecule has 1 fully saturated rings. The van der Waals surface area contributed by atoms with Gasteiger partial charge in [-0.3, -0.25) is 4.79 Å². The maximum Gasteiger partial charge on any atom is 0.251 e. The van der Waals surface area contributed by atoms with E-state index in [0.29, 0.717) is 36.0 Å². The molecule has 0 bridgehead atoms. The number of carbonyl (C=O) groups is 1. The first kappa shape index (κ1) is 15.0. The second-order valence-electron chi connectivity index (χ2n) is 5.52. The molecule has 0 aromatic heterocycles. The number of carbonyl (C=O) groups excluding carboxylic acids is 1. The highest BCUT2D eigenvalue weighted by molar-refractivity contribution is 5.95. The summed E-state index contributed by atoms with van der Waals surface area (Å²) in [5.74, 6) is 1.43. The summed E-state index contributed by atoms with van der Waals surface area (Å²) in [6.07, 6.45) is 2.11. The van der Waals surface area contributed by atoms with Gasteiger partial charge in [-0.1, -0.05) is 0 Å². The fourth-order valence-corrected chi connectivity index (χ4v) is 2.78. The predicted molar refractivity (Wildman–Crippen MR) is 79.9 cm³/mol. The molecule has 2 heterocycles. The van der Waals surface area contributed by atoms with Gasteiger partial charge < -0.3 is 24.3 Å². The van der Waals surface area contributed by atoms with Crippen molar-refractivity contribution in [1.82, 2.24) is 5.32 Å². The fraction of sp³-hybridized carbons (Fsp3) is 0.562. The van der Waals surface area contributed by atoms with E-state index in [1.165, 1.54) is 0 Å². The molecule has 0 saturated carbocycles. The SMILES string of the molecule is COc1cc(C(=O)N[C@@H](C)[C@H]2CCCO2)cc2c1OCCO2. The van der Waals surface area contributed by atoms with Gasteiger partial charge in [0.25, 0.3) is 5.91 Å². The molecule has 0 radical (unpaired) electrons. The Labute approximate surface area is 129 Å². The molecule has 1 N–H and O–H groups in total. The van der Waals surface area contributed by atoms with Crippen molar-refractivity contribution in [2.24, 2.45) is 0 Å².